The number of rotatable bonds is 3. The summed E-state index contributed by atoms with van der Waals surface area (Å²) in [6, 6.07) is 4.63. The Kier molecular flexibility index (Phi) is 3.33. The first-order valence-corrected chi connectivity index (χ1v) is 5.12. The molecular weight excluding hydrogens is 249 g/mol. The first-order chi connectivity index (χ1) is 8.50. The zero-order chi connectivity index (χ0) is 13.2. The smallest absolute Gasteiger partial charge is 0.396 e. The molecule has 0 aliphatic heterocycles. The maximum absolute atomic E-state index is 12.5. The van der Waals surface area contributed by atoms with Crippen molar-refractivity contribution in [3.63, 3.8) is 0 Å². The molecule has 4 nitrogen and oxygen atoms in total. The van der Waals surface area contributed by atoms with E-state index < -0.39 is 11.7 Å². The number of aliphatic hydroxyl groups excluding tert-OH is 1. The molecule has 0 fully saturated rings. The molecule has 7 heteroatoms. The molecule has 0 atom stereocenters. The second-order valence-corrected chi connectivity index (χ2v) is 3.57. The van der Waals surface area contributed by atoms with Crippen molar-refractivity contribution in [2.75, 3.05) is 6.61 Å². The van der Waals surface area contributed by atoms with Gasteiger partial charge in [0, 0.05) is 12.0 Å². The topological polar surface area (TPSA) is 59.2 Å². The molecule has 0 saturated heterocycles. The van der Waals surface area contributed by atoms with Crippen LogP contribution in [-0.2, 0) is 12.6 Å². The van der Waals surface area contributed by atoms with Crippen molar-refractivity contribution in [3.05, 3.63) is 35.7 Å². The highest BCUT2D eigenvalue weighted by molar-refractivity contribution is 5.54. The van der Waals surface area contributed by atoms with Gasteiger partial charge in [-0.3, -0.25) is 0 Å². The van der Waals surface area contributed by atoms with Crippen LogP contribution in [0, 0.1) is 0 Å². The van der Waals surface area contributed by atoms with Crippen molar-refractivity contribution in [2.45, 2.75) is 12.6 Å². The minimum Gasteiger partial charge on any atom is -0.396 e. The molecule has 0 spiro atoms. The zero-order valence-corrected chi connectivity index (χ0v) is 9.11. The number of hydrogen-bond donors (Lipinski definition) is 1. The zero-order valence-electron chi connectivity index (χ0n) is 9.11. The molecule has 0 saturated carbocycles. The number of benzene rings is 1. The Morgan fingerprint density at radius 1 is 1.28 bits per heavy atom. The predicted octanol–water partition coefficient (Wildman–Crippen LogP) is 2.29. The molecule has 0 aliphatic carbocycles. The summed E-state index contributed by atoms with van der Waals surface area (Å²) in [7, 11) is 0. The van der Waals surface area contributed by atoms with E-state index in [-0.39, 0.29) is 30.3 Å². The molecule has 0 unspecified atom stereocenters. The Morgan fingerprint density at radius 2 is 2.06 bits per heavy atom. The molecule has 18 heavy (non-hydrogen) atoms. The lowest BCUT2D eigenvalue weighted by Gasteiger charge is -2.06. The van der Waals surface area contributed by atoms with E-state index in [2.05, 4.69) is 10.1 Å². The average molecular weight is 258 g/mol. The van der Waals surface area contributed by atoms with E-state index in [4.69, 9.17) is 9.63 Å². The van der Waals surface area contributed by atoms with Crippen LogP contribution in [0.1, 0.15) is 11.4 Å². The van der Waals surface area contributed by atoms with E-state index in [1.54, 1.807) is 0 Å². The molecule has 1 heterocycles. The van der Waals surface area contributed by atoms with Crippen LogP contribution in [0.15, 0.2) is 28.8 Å². The van der Waals surface area contributed by atoms with E-state index >= 15 is 0 Å². The van der Waals surface area contributed by atoms with Crippen LogP contribution in [0.4, 0.5) is 13.2 Å². The summed E-state index contributed by atoms with van der Waals surface area (Å²) in [5, 5.41) is 12.2. The molecule has 0 radical (unpaired) electrons. The number of nitrogens with zero attached hydrogens (tertiary/aromatic N) is 2. The highest BCUT2D eigenvalue weighted by Crippen LogP contribution is 2.31. The molecule has 2 rings (SSSR count). The van der Waals surface area contributed by atoms with Gasteiger partial charge in [-0.15, -0.1) is 0 Å². The number of hydrogen-bond acceptors (Lipinski definition) is 4. The van der Waals surface area contributed by atoms with Gasteiger partial charge in [0.25, 0.3) is 5.89 Å². The fourth-order valence-corrected chi connectivity index (χ4v) is 1.40. The van der Waals surface area contributed by atoms with Gasteiger partial charge < -0.3 is 9.63 Å². The largest absolute Gasteiger partial charge is 0.416 e. The van der Waals surface area contributed by atoms with Crippen molar-refractivity contribution < 1.29 is 22.8 Å². The number of halogens is 3. The van der Waals surface area contributed by atoms with Gasteiger partial charge in [-0.05, 0) is 18.2 Å². The summed E-state index contributed by atoms with van der Waals surface area (Å²) in [6.45, 7) is -0.151. The van der Waals surface area contributed by atoms with Crippen molar-refractivity contribution in [1.29, 1.82) is 0 Å². The van der Waals surface area contributed by atoms with Crippen LogP contribution in [0.3, 0.4) is 0 Å². The normalized spacial score (nSPS) is 11.8. The number of aromatic nitrogens is 2. The van der Waals surface area contributed by atoms with Crippen LogP contribution >= 0.6 is 0 Å². The van der Waals surface area contributed by atoms with Crippen molar-refractivity contribution in [3.8, 4) is 11.5 Å². The van der Waals surface area contributed by atoms with Crippen LogP contribution in [0.2, 0.25) is 0 Å². The van der Waals surface area contributed by atoms with Crippen molar-refractivity contribution in [1.82, 2.24) is 10.1 Å². The van der Waals surface area contributed by atoms with Gasteiger partial charge >= 0.3 is 6.18 Å². The fraction of sp³-hybridized carbons (Fsp3) is 0.273. The van der Waals surface area contributed by atoms with E-state index in [1.165, 1.54) is 12.1 Å². The summed E-state index contributed by atoms with van der Waals surface area (Å²) in [5.41, 5.74) is -0.580. The first-order valence-electron chi connectivity index (χ1n) is 5.12. The van der Waals surface area contributed by atoms with Gasteiger partial charge in [0.2, 0.25) is 0 Å². The summed E-state index contributed by atoms with van der Waals surface area (Å²) in [6.07, 6.45) is -4.22. The minimum atomic E-state index is -4.41. The summed E-state index contributed by atoms with van der Waals surface area (Å²) >= 11 is 0. The Hall–Kier alpha value is -1.89. The molecule has 0 aliphatic rings. The third-order valence-electron chi connectivity index (χ3n) is 2.24. The van der Waals surface area contributed by atoms with Crippen LogP contribution in [0.5, 0.6) is 0 Å². The minimum absolute atomic E-state index is 0.00421. The van der Waals surface area contributed by atoms with Crippen LogP contribution in [0.25, 0.3) is 11.5 Å². The van der Waals surface area contributed by atoms with E-state index in [0.717, 1.165) is 12.1 Å². The Labute approximate surface area is 100 Å². The third-order valence-corrected chi connectivity index (χ3v) is 2.24. The van der Waals surface area contributed by atoms with Crippen LogP contribution < -0.4 is 0 Å². The van der Waals surface area contributed by atoms with Crippen molar-refractivity contribution in [2.24, 2.45) is 0 Å². The third kappa shape index (κ3) is 2.67. The molecule has 1 aromatic carbocycles. The highest BCUT2D eigenvalue weighted by Gasteiger charge is 2.30. The maximum Gasteiger partial charge on any atom is 0.416 e. The van der Waals surface area contributed by atoms with Gasteiger partial charge in [0.1, 0.15) is 0 Å². The van der Waals surface area contributed by atoms with Gasteiger partial charge in [0.05, 0.1) is 12.2 Å². The number of alkyl halides is 3. The predicted molar refractivity (Wildman–Crippen MR) is 55.5 cm³/mol. The van der Waals surface area contributed by atoms with Gasteiger partial charge in [-0.25, -0.2) is 0 Å². The SMILES string of the molecule is OCCc1noc(-c2cccc(C(F)(F)F)c2)n1. The Morgan fingerprint density at radius 3 is 2.72 bits per heavy atom. The van der Waals surface area contributed by atoms with E-state index in [1.807, 2.05) is 0 Å². The number of aliphatic hydroxyl groups is 1. The second kappa shape index (κ2) is 4.77. The van der Waals surface area contributed by atoms with Gasteiger partial charge in [-0.2, -0.15) is 18.2 Å². The van der Waals surface area contributed by atoms with Gasteiger partial charge in [0.15, 0.2) is 5.82 Å². The summed E-state index contributed by atoms with van der Waals surface area (Å²) in [5.74, 6) is 0.259. The molecule has 0 bridgehead atoms. The molecular formula is C11H9F3N2O2. The standard InChI is InChI=1S/C11H9F3N2O2/c12-11(13,14)8-3-1-2-7(6-8)10-15-9(4-5-17)16-18-10/h1-3,6,17H,4-5H2. The van der Waals surface area contributed by atoms with Gasteiger partial charge in [-0.1, -0.05) is 11.2 Å². The Balaban J connectivity index is 2.32. The molecule has 1 aromatic heterocycles. The lowest BCUT2D eigenvalue weighted by atomic mass is 10.1. The summed E-state index contributed by atoms with van der Waals surface area (Å²) in [4.78, 5) is 3.89. The van der Waals surface area contributed by atoms with Crippen molar-refractivity contribution >= 4 is 0 Å². The Bertz CT molecular complexity index is 537. The monoisotopic (exact) mass is 258 g/mol. The first kappa shape index (κ1) is 12.6. The van der Waals surface area contributed by atoms with E-state index in [9.17, 15) is 13.2 Å². The molecule has 0 amide bonds. The molecule has 2 aromatic rings. The average Bonchev–Trinajstić information content (AvgIpc) is 2.77. The summed E-state index contributed by atoms with van der Waals surface area (Å²) < 4.78 is 42.4. The maximum atomic E-state index is 12.5. The van der Waals surface area contributed by atoms with E-state index in [0.29, 0.717) is 0 Å². The molecule has 96 valence electrons. The quantitative estimate of drug-likeness (QED) is 0.917. The second-order valence-electron chi connectivity index (χ2n) is 3.57. The lowest BCUT2D eigenvalue weighted by Crippen LogP contribution is -2.04. The molecule has 1 N–H and O–H groups in total. The fourth-order valence-electron chi connectivity index (χ4n) is 1.40. The van der Waals surface area contributed by atoms with Crippen LogP contribution in [-0.4, -0.2) is 21.9 Å². The lowest BCUT2D eigenvalue weighted by molar-refractivity contribution is -0.137. The highest BCUT2D eigenvalue weighted by atomic mass is 19.4.